The third kappa shape index (κ3) is 3.01. The SMILES string of the molecule is C[Si]1(C)CC=CC(Cc2ccc3c(c2)OCO3)CO1. The molecule has 4 heteroatoms. The highest BCUT2D eigenvalue weighted by Gasteiger charge is 2.25. The fourth-order valence-corrected chi connectivity index (χ4v) is 3.98. The molecule has 2 aliphatic heterocycles. The topological polar surface area (TPSA) is 27.7 Å². The van der Waals surface area contributed by atoms with Crippen LogP contribution in [0.2, 0.25) is 19.1 Å². The quantitative estimate of drug-likeness (QED) is 0.612. The maximum absolute atomic E-state index is 6.09. The first-order valence-electron chi connectivity index (χ1n) is 6.81. The minimum Gasteiger partial charge on any atom is -0.454 e. The summed E-state index contributed by atoms with van der Waals surface area (Å²) in [6, 6.07) is 7.32. The average molecular weight is 276 g/mol. The van der Waals surface area contributed by atoms with Crippen molar-refractivity contribution in [3.8, 4) is 11.5 Å². The predicted molar refractivity (Wildman–Crippen MR) is 77.1 cm³/mol. The van der Waals surface area contributed by atoms with Crippen LogP contribution in [-0.4, -0.2) is 21.7 Å². The summed E-state index contributed by atoms with van der Waals surface area (Å²) >= 11 is 0. The Labute approximate surface area is 115 Å². The Morgan fingerprint density at radius 3 is 2.95 bits per heavy atom. The van der Waals surface area contributed by atoms with Crippen LogP contribution in [0, 0.1) is 5.92 Å². The second kappa shape index (κ2) is 5.02. The molecule has 0 fully saturated rings. The fraction of sp³-hybridized carbons (Fsp3) is 0.467. The van der Waals surface area contributed by atoms with Gasteiger partial charge in [0.05, 0.1) is 0 Å². The summed E-state index contributed by atoms with van der Waals surface area (Å²) in [6.07, 6.45) is 5.61. The maximum Gasteiger partial charge on any atom is 0.231 e. The highest BCUT2D eigenvalue weighted by Crippen LogP contribution is 2.33. The van der Waals surface area contributed by atoms with Crippen molar-refractivity contribution in [1.82, 2.24) is 0 Å². The first-order chi connectivity index (χ1) is 9.12. The summed E-state index contributed by atoms with van der Waals surface area (Å²) in [6.45, 7) is 5.73. The van der Waals surface area contributed by atoms with Crippen LogP contribution in [0.1, 0.15) is 5.56 Å². The molecule has 0 amide bonds. The van der Waals surface area contributed by atoms with Gasteiger partial charge in [-0.2, -0.15) is 0 Å². The largest absolute Gasteiger partial charge is 0.454 e. The van der Waals surface area contributed by atoms with Gasteiger partial charge < -0.3 is 13.9 Å². The number of fused-ring (bicyclic) bond motifs is 1. The molecule has 0 N–H and O–H groups in total. The van der Waals surface area contributed by atoms with Gasteiger partial charge in [0.1, 0.15) is 0 Å². The lowest BCUT2D eigenvalue weighted by molar-refractivity contribution is 0.174. The van der Waals surface area contributed by atoms with Gasteiger partial charge in [-0.3, -0.25) is 0 Å². The maximum atomic E-state index is 6.09. The van der Waals surface area contributed by atoms with Crippen molar-refractivity contribution in [2.75, 3.05) is 13.4 Å². The Balaban J connectivity index is 1.68. The zero-order valence-electron chi connectivity index (χ0n) is 11.5. The Bertz CT molecular complexity index is 496. The predicted octanol–water partition coefficient (Wildman–Crippen LogP) is 3.37. The third-order valence-electron chi connectivity index (χ3n) is 3.64. The van der Waals surface area contributed by atoms with Crippen LogP contribution < -0.4 is 9.47 Å². The number of hydrogen-bond acceptors (Lipinski definition) is 3. The van der Waals surface area contributed by atoms with Crippen LogP contribution >= 0.6 is 0 Å². The molecule has 0 aliphatic carbocycles. The van der Waals surface area contributed by atoms with Crippen LogP contribution in [-0.2, 0) is 10.8 Å². The van der Waals surface area contributed by atoms with Crippen LogP contribution in [0.4, 0.5) is 0 Å². The molecule has 19 heavy (non-hydrogen) atoms. The molecule has 3 rings (SSSR count). The van der Waals surface area contributed by atoms with Crippen LogP contribution in [0.25, 0.3) is 0 Å². The van der Waals surface area contributed by atoms with Gasteiger partial charge in [0.15, 0.2) is 19.8 Å². The van der Waals surface area contributed by atoms with Gasteiger partial charge in [-0.25, -0.2) is 0 Å². The van der Waals surface area contributed by atoms with Gasteiger partial charge in [-0.1, -0.05) is 18.2 Å². The van der Waals surface area contributed by atoms with Crippen molar-refractivity contribution in [2.45, 2.75) is 25.6 Å². The first kappa shape index (κ1) is 12.8. The van der Waals surface area contributed by atoms with E-state index in [1.807, 2.05) is 6.07 Å². The van der Waals surface area contributed by atoms with E-state index in [4.69, 9.17) is 13.9 Å². The Morgan fingerprint density at radius 1 is 1.21 bits per heavy atom. The van der Waals surface area contributed by atoms with Crippen molar-refractivity contribution in [2.24, 2.45) is 5.92 Å². The third-order valence-corrected chi connectivity index (χ3v) is 5.81. The van der Waals surface area contributed by atoms with E-state index in [9.17, 15) is 0 Å². The van der Waals surface area contributed by atoms with E-state index in [-0.39, 0.29) is 0 Å². The molecule has 0 bridgehead atoms. The van der Waals surface area contributed by atoms with E-state index in [0.29, 0.717) is 12.7 Å². The highest BCUT2D eigenvalue weighted by molar-refractivity contribution is 6.71. The number of hydrogen-bond donors (Lipinski definition) is 0. The van der Waals surface area contributed by atoms with Crippen LogP contribution in [0.3, 0.4) is 0 Å². The van der Waals surface area contributed by atoms with Crippen molar-refractivity contribution in [3.05, 3.63) is 35.9 Å². The second-order valence-corrected chi connectivity index (χ2v) is 10.1. The van der Waals surface area contributed by atoms with Crippen molar-refractivity contribution in [1.29, 1.82) is 0 Å². The van der Waals surface area contributed by atoms with E-state index in [1.165, 1.54) is 5.56 Å². The highest BCUT2D eigenvalue weighted by atomic mass is 28.4. The average Bonchev–Trinajstić information content (AvgIpc) is 2.76. The van der Waals surface area contributed by atoms with Gasteiger partial charge in [-0.05, 0) is 43.3 Å². The molecule has 0 aromatic heterocycles. The molecule has 0 radical (unpaired) electrons. The minimum atomic E-state index is -1.45. The van der Waals surface area contributed by atoms with Gasteiger partial charge >= 0.3 is 0 Å². The van der Waals surface area contributed by atoms with Crippen molar-refractivity contribution in [3.63, 3.8) is 0 Å². The molecule has 1 unspecified atom stereocenters. The van der Waals surface area contributed by atoms with E-state index < -0.39 is 8.32 Å². The number of ether oxygens (including phenoxy) is 2. The molecule has 0 saturated carbocycles. The van der Waals surface area contributed by atoms with Gasteiger partial charge in [0.2, 0.25) is 6.79 Å². The monoisotopic (exact) mass is 276 g/mol. The molecule has 2 aliphatic rings. The Kier molecular flexibility index (Phi) is 3.37. The van der Waals surface area contributed by atoms with Crippen LogP contribution in [0.5, 0.6) is 11.5 Å². The van der Waals surface area contributed by atoms with Crippen LogP contribution in [0.15, 0.2) is 30.4 Å². The number of allylic oxidation sites excluding steroid dienone is 1. The normalized spacial score (nSPS) is 24.2. The van der Waals surface area contributed by atoms with Crippen molar-refractivity contribution >= 4 is 8.32 Å². The van der Waals surface area contributed by atoms with E-state index >= 15 is 0 Å². The summed E-state index contributed by atoms with van der Waals surface area (Å²) in [5.74, 6) is 2.19. The zero-order chi connectivity index (χ0) is 13.3. The molecule has 1 aromatic rings. The Hall–Kier alpha value is -1.26. The lowest BCUT2D eigenvalue weighted by Crippen LogP contribution is -2.30. The smallest absolute Gasteiger partial charge is 0.231 e. The van der Waals surface area contributed by atoms with E-state index in [1.54, 1.807) is 0 Å². The van der Waals surface area contributed by atoms with Gasteiger partial charge in [0.25, 0.3) is 0 Å². The van der Waals surface area contributed by atoms with Gasteiger partial charge in [-0.15, -0.1) is 0 Å². The lowest BCUT2D eigenvalue weighted by Gasteiger charge is -2.21. The van der Waals surface area contributed by atoms with E-state index in [0.717, 1.165) is 30.6 Å². The molecule has 0 spiro atoms. The molecular weight excluding hydrogens is 256 g/mol. The standard InChI is InChI=1S/C15H20O3Si/c1-19(2)7-3-4-13(10-18-19)8-12-5-6-14-15(9-12)17-11-16-14/h3-6,9,13H,7-8,10-11H2,1-2H3. The summed E-state index contributed by atoms with van der Waals surface area (Å²) < 4.78 is 16.8. The summed E-state index contributed by atoms with van der Waals surface area (Å²) in [4.78, 5) is 0. The summed E-state index contributed by atoms with van der Waals surface area (Å²) in [5.41, 5.74) is 1.28. The molecule has 102 valence electrons. The fourth-order valence-electron chi connectivity index (χ4n) is 2.49. The minimum absolute atomic E-state index is 0.338. The zero-order valence-corrected chi connectivity index (χ0v) is 12.5. The lowest BCUT2D eigenvalue weighted by atomic mass is 9.99. The Morgan fingerprint density at radius 2 is 2.05 bits per heavy atom. The molecule has 1 aromatic carbocycles. The summed E-state index contributed by atoms with van der Waals surface area (Å²) in [7, 11) is -1.45. The molecule has 2 heterocycles. The number of rotatable bonds is 2. The summed E-state index contributed by atoms with van der Waals surface area (Å²) in [5, 5.41) is 0. The first-order valence-corrected chi connectivity index (χ1v) is 9.93. The molecular formula is C15H20O3Si. The second-order valence-electron chi connectivity index (χ2n) is 5.85. The van der Waals surface area contributed by atoms with Crippen molar-refractivity contribution < 1.29 is 13.9 Å². The van der Waals surface area contributed by atoms with Gasteiger partial charge in [0, 0.05) is 12.5 Å². The van der Waals surface area contributed by atoms with E-state index in [2.05, 4.69) is 37.4 Å². The molecule has 0 saturated heterocycles. The molecule has 3 nitrogen and oxygen atoms in total. The molecule has 1 atom stereocenters. The number of benzene rings is 1.